The highest BCUT2D eigenvalue weighted by atomic mass is 19.4. The van der Waals surface area contributed by atoms with E-state index in [1.807, 2.05) is 0 Å². The van der Waals surface area contributed by atoms with Crippen molar-refractivity contribution in [3.63, 3.8) is 0 Å². The first-order chi connectivity index (χ1) is 8.71. The molecular weight excluding hydrogens is 309 g/mol. The normalized spacial score (nSPS) is 14.5. The van der Waals surface area contributed by atoms with Gasteiger partial charge >= 0.3 is 25.0 Å². The number of rotatable bonds is 2. The molecule has 0 radical (unpaired) electrons. The summed E-state index contributed by atoms with van der Waals surface area (Å²) in [6.07, 6.45) is -12.7. The van der Waals surface area contributed by atoms with Crippen LogP contribution in [0.5, 0.6) is 0 Å². The predicted octanol–water partition coefficient (Wildman–Crippen LogP) is 4.03. The summed E-state index contributed by atoms with van der Waals surface area (Å²) < 4.78 is 124. The second-order valence-electron chi connectivity index (χ2n) is 3.85. The Labute approximate surface area is 105 Å². The smallest absolute Gasteiger partial charge is 0.445 e. The molecular formula is C9H4BF10-. The summed E-state index contributed by atoms with van der Waals surface area (Å²) >= 11 is 0. The van der Waals surface area contributed by atoms with Crippen LogP contribution in [-0.2, 0) is 5.67 Å². The number of hydrogen-bond donors (Lipinski definition) is 0. The van der Waals surface area contributed by atoms with Crippen LogP contribution in [0, 0.1) is 0 Å². The van der Waals surface area contributed by atoms with Gasteiger partial charge in [-0.3, -0.25) is 0 Å². The van der Waals surface area contributed by atoms with E-state index in [1.54, 1.807) is 0 Å². The summed E-state index contributed by atoms with van der Waals surface area (Å²) in [6.45, 7) is -5.61. The Kier molecular flexibility index (Phi) is 3.79. The van der Waals surface area contributed by atoms with Gasteiger partial charge in [0.25, 0.3) is 0 Å². The molecule has 0 aliphatic rings. The van der Waals surface area contributed by atoms with Gasteiger partial charge in [-0.25, -0.2) is 4.39 Å². The zero-order chi connectivity index (χ0) is 16.0. The van der Waals surface area contributed by atoms with Crippen LogP contribution in [0.4, 0.5) is 43.7 Å². The Morgan fingerprint density at radius 2 is 1.00 bits per heavy atom. The predicted molar refractivity (Wildman–Crippen MR) is 50.1 cm³/mol. The molecule has 20 heavy (non-hydrogen) atoms. The van der Waals surface area contributed by atoms with Crippen LogP contribution < -0.4 is 5.46 Å². The van der Waals surface area contributed by atoms with Crippen molar-refractivity contribution in [1.82, 2.24) is 0 Å². The molecule has 0 saturated carbocycles. The minimum absolute atomic E-state index is 0.0266. The molecule has 0 amide bonds. The maximum atomic E-state index is 13.4. The first-order valence-electron chi connectivity index (χ1n) is 4.84. The first-order valence-corrected chi connectivity index (χ1v) is 4.84. The van der Waals surface area contributed by atoms with Gasteiger partial charge in [0.05, 0.1) is 0 Å². The lowest BCUT2D eigenvalue weighted by Gasteiger charge is -2.30. The largest absolute Gasteiger partial charge is 0.509 e. The average molecular weight is 313 g/mol. The van der Waals surface area contributed by atoms with Crippen molar-refractivity contribution in [2.45, 2.75) is 18.0 Å². The fourth-order valence-corrected chi connectivity index (χ4v) is 1.42. The lowest BCUT2D eigenvalue weighted by molar-refractivity contribution is -0.348. The molecule has 0 nitrogen and oxygen atoms in total. The van der Waals surface area contributed by atoms with Crippen LogP contribution in [-0.4, -0.2) is 19.3 Å². The minimum atomic E-state index is -6.35. The molecule has 0 bridgehead atoms. The van der Waals surface area contributed by atoms with Crippen molar-refractivity contribution in [3.8, 4) is 0 Å². The van der Waals surface area contributed by atoms with Gasteiger partial charge in [-0.1, -0.05) is 24.3 Å². The summed E-state index contributed by atoms with van der Waals surface area (Å²) in [5.41, 5.74) is -9.11. The maximum absolute atomic E-state index is 13.4. The van der Waals surface area contributed by atoms with E-state index in [-0.39, 0.29) is 24.3 Å². The van der Waals surface area contributed by atoms with Crippen molar-refractivity contribution in [3.05, 3.63) is 29.8 Å². The summed E-state index contributed by atoms with van der Waals surface area (Å²) in [5.74, 6) is 0. The van der Waals surface area contributed by atoms with E-state index in [4.69, 9.17) is 0 Å². The molecule has 0 atom stereocenters. The van der Waals surface area contributed by atoms with E-state index in [9.17, 15) is 43.7 Å². The van der Waals surface area contributed by atoms with Crippen LogP contribution in [0.3, 0.4) is 0 Å². The second kappa shape index (κ2) is 4.56. The highest BCUT2D eigenvalue weighted by molar-refractivity contribution is 6.73. The number of benzene rings is 1. The molecule has 0 heterocycles. The highest BCUT2D eigenvalue weighted by Gasteiger charge is 2.73. The molecule has 11 heteroatoms. The van der Waals surface area contributed by atoms with Crippen molar-refractivity contribution in [2.75, 3.05) is 0 Å². The van der Waals surface area contributed by atoms with E-state index in [0.717, 1.165) is 0 Å². The van der Waals surface area contributed by atoms with Gasteiger partial charge in [0.1, 0.15) is 0 Å². The SMILES string of the molecule is F[B-](F)(F)c1ccc(C(F)(C(F)(F)F)C(F)(F)F)cc1. The zero-order valence-corrected chi connectivity index (χ0v) is 9.17. The van der Waals surface area contributed by atoms with Gasteiger partial charge in [0, 0.05) is 5.56 Å². The van der Waals surface area contributed by atoms with Gasteiger partial charge < -0.3 is 12.9 Å². The number of hydrogen-bond acceptors (Lipinski definition) is 0. The Morgan fingerprint density at radius 3 is 1.25 bits per heavy atom. The summed E-state index contributed by atoms with van der Waals surface area (Å²) in [4.78, 5) is 0. The molecule has 1 aromatic carbocycles. The third-order valence-corrected chi connectivity index (χ3v) is 2.47. The molecule has 0 fully saturated rings. The fraction of sp³-hybridized carbons (Fsp3) is 0.333. The van der Waals surface area contributed by atoms with Crippen molar-refractivity contribution in [1.29, 1.82) is 0 Å². The van der Waals surface area contributed by atoms with Crippen molar-refractivity contribution >= 4 is 12.4 Å². The quantitative estimate of drug-likeness (QED) is 0.571. The third-order valence-electron chi connectivity index (χ3n) is 2.47. The van der Waals surface area contributed by atoms with Crippen molar-refractivity contribution < 1.29 is 43.7 Å². The molecule has 0 aliphatic carbocycles. The Hall–Kier alpha value is -1.42. The zero-order valence-electron chi connectivity index (χ0n) is 9.17. The number of alkyl halides is 7. The van der Waals surface area contributed by atoms with Crippen LogP contribution in [0.15, 0.2) is 24.3 Å². The lowest BCUT2D eigenvalue weighted by atomic mass is 9.79. The molecule has 0 saturated heterocycles. The minimum Gasteiger partial charge on any atom is -0.445 e. The Morgan fingerprint density at radius 1 is 0.650 bits per heavy atom. The summed E-state index contributed by atoms with van der Waals surface area (Å²) in [7, 11) is 0. The topological polar surface area (TPSA) is 0 Å². The molecule has 1 aromatic rings. The van der Waals surface area contributed by atoms with Crippen LogP contribution >= 0.6 is 0 Å². The van der Waals surface area contributed by atoms with Crippen LogP contribution in [0.1, 0.15) is 5.56 Å². The Balaban J connectivity index is 3.39. The van der Waals surface area contributed by atoms with E-state index < -0.39 is 36.0 Å². The highest BCUT2D eigenvalue weighted by Crippen LogP contribution is 2.52. The van der Waals surface area contributed by atoms with Gasteiger partial charge in [0.15, 0.2) is 0 Å². The summed E-state index contributed by atoms with van der Waals surface area (Å²) in [5, 5.41) is 0. The number of halogens is 10. The van der Waals surface area contributed by atoms with Crippen LogP contribution in [0.2, 0.25) is 0 Å². The molecule has 0 N–H and O–H groups in total. The fourth-order valence-electron chi connectivity index (χ4n) is 1.42. The van der Waals surface area contributed by atoms with E-state index in [2.05, 4.69) is 0 Å². The Bertz CT molecular complexity index is 451. The van der Waals surface area contributed by atoms with Gasteiger partial charge in [-0.15, -0.1) is 5.46 Å². The van der Waals surface area contributed by atoms with Gasteiger partial charge in [0.2, 0.25) is 0 Å². The molecule has 114 valence electrons. The second-order valence-corrected chi connectivity index (χ2v) is 3.85. The summed E-state index contributed by atoms with van der Waals surface area (Å²) in [6, 6.07) is -0.403. The molecule has 0 spiro atoms. The van der Waals surface area contributed by atoms with Gasteiger partial charge in [-0.05, 0) is 0 Å². The van der Waals surface area contributed by atoms with Crippen LogP contribution in [0.25, 0.3) is 0 Å². The maximum Gasteiger partial charge on any atom is 0.509 e. The van der Waals surface area contributed by atoms with Gasteiger partial charge in [-0.2, -0.15) is 26.3 Å². The van der Waals surface area contributed by atoms with E-state index >= 15 is 0 Å². The molecule has 0 unspecified atom stereocenters. The third kappa shape index (κ3) is 2.71. The first kappa shape index (κ1) is 16.6. The monoisotopic (exact) mass is 313 g/mol. The molecule has 0 aliphatic heterocycles. The van der Waals surface area contributed by atoms with Crippen molar-refractivity contribution in [2.24, 2.45) is 0 Å². The van der Waals surface area contributed by atoms with E-state index in [0.29, 0.717) is 0 Å². The van der Waals surface area contributed by atoms with E-state index in [1.165, 1.54) is 0 Å². The standard InChI is InChI=1S/C9H4BF10/c11-7(8(12,13)14,9(15,16)17)5-1-3-6(4-2-5)10(18,19)20/h1-4H/q-1. The lowest BCUT2D eigenvalue weighted by Crippen LogP contribution is -2.50. The molecule has 1 rings (SSSR count). The average Bonchev–Trinajstić information content (AvgIpc) is 2.24. The molecule has 0 aromatic heterocycles.